The highest BCUT2D eigenvalue weighted by Crippen LogP contribution is 2.23. The number of carbonyl (C=O) groups excluding carboxylic acids is 1. The summed E-state index contributed by atoms with van der Waals surface area (Å²) in [6, 6.07) is 15.1. The van der Waals surface area contributed by atoms with Gasteiger partial charge < -0.3 is 10.1 Å². The Kier molecular flexibility index (Phi) is 5.77. The Morgan fingerprint density at radius 2 is 1.97 bits per heavy atom. The summed E-state index contributed by atoms with van der Waals surface area (Å²) in [4.78, 5) is 25.5. The first-order chi connectivity index (χ1) is 15.4. The number of benzene rings is 2. The zero-order chi connectivity index (χ0) is 22.8. The Hall–Kier alpha value is -3.94. The summed E-state index contributed by atoms with van der Waals surface area (Å²) in [5, 5.41) is 11.5. The Balaban J connectivity index is 1.55. The van der Waals surface area contributed by atoms with Crippen LogP contribution in [0.15, 0.2) is 59.7 Å². The highest BCUT2D eigenvalue weighted by atomic mass is 16.5. The first kappa shape index (κ1) is 21.3. The van der Waals surface area contributed by atoms with Gasteiger partial charge in [-0.15, -0.1) is 0 Å². The molecule has 0 fully saturated rings. The van der Waals surface area contributed by atoms with Crippen molar-refractivity contribution in [1.82, 2.24) is 24.7 Å². The van der Waals surface area contributed by atoms with Gasteiger partial charge in [0.1, 0.15) is 24.1 Å². The van der Waals surface area contributed by atoms with Crippen molar-refractivity contribution in [2.45, 2.75) is 33.4 Å². The molecule has 8 heteroatoms. The van der Waals surface area contributed by atoms with Gasteiger partial charge in [0.15, 0.2) is 0 Å². The molecule has 164 valence electrons. The van der Waals surface area contributed by atoms with Crippen molar-refractivity contribution in [3.8, 4) is 17.0 Å². The summed E-state index contributed by atoms with van der Waals surface area (Å²) < 4.78 is 7.84. The number of nitrogens with one attached hydrogen (secondary N) is 1. The molecule has 0 unspecified atom stereocenters. The van der Waals surface area contributed by atoms with Gasteiger partial charge in [-0.2, -0.15) is 10.2 Å². The van der Waals surface area contributed by atoms with Gasteiger partial charge in [0.2, 0.25) is 5.91 Å². The molecule has 0 aliphatic rings. The number of methoxy groups -OCH3 is 1. The Morgan fingerprint density at radius 3 is 2.75 bits per heavy atom. The average Bonchev–Trinajstić information content (AvgIpc) is 3.22. The highest BCUT2D eigenvalue weighted by Gasteiger charge is 2.15. The van der Waals surface area contributed by atoms with Crippen molar-refractivity contribution in [2.24, 2.45) is 0 Å². The van der Waals surface area contributed by atoms with E-state index in [4.69, 9.17) is 4.74 Å². The van der Waals surface area contributed by atoms with E-state index in [0.29, 0.717) is 17.0 Å². The van der Waals surface area contributed by atoms with Gasteiger partial charge in [0.25, 0.3) is 5.56 Å². The quantitative estimate of drug-likeness (QED) is 0.507. The van der Waals surface area contributed by atoms with Crippen LogP contribution in [-0.2, 0) is 11.3 Å². The van der Waals surface area contributed by atoms with Gasteiger partial charge in [-0.1, -0.05) is 29.8 Å². The SMILES string of the molecule is COc1cccc([C@@H](C)NC(=O)Cn2ncn3nc(-c4cc(C)ccc4C)cc3c2=O)c1. The van der Waals surface area contributed by atoms with Crippen LogP contribution in [0.5, 0.6) is 5.75 Å². The first-order valence-corrected chi connectivity index (χ1v) is 10.3. The minimum atomic E-state index is -0.374. The predicted octanol–water partition coefficient (Wildman–Crippen LogP) is 3.06. The summed E-state index contributed by atoms with van der Waals surface area (Å²) in [5.41, 5.74) is 4.73. The van der Waals surface area contributed by atoms with E-state index >= 15 is 0 Å². The number of carbonyl (C=O) groups is 1. The fourth-order valence-electron chi connectivity index (χ4n) is 3.61. The van der Waals surface area contributed by atoms with Crippen molar-refractivity contribution in [2.75, 3.05) is 7.11 Å². The van der Waals surface area contributed by atoms with Crippen LogP contribution < -0.4 is 15.6 Å². The van der Waals surface area contributed by atoms with Crippen LogP contribution in [0.25, 0.3) is 16.8 Å². The molecule has 8 nitrogen and oxygen atoms in total. The molecule has 1 N–H and O–H groups in total. The van der Waals surface area contributed by atoms with Crippen molar-refractivity contribution in [3.63, 3.8) is 0 Å². The van der Waals surface area contributed by atoms with E-state index in [1.165, 1.54) is 10.8 Å². The van der Waals surface area contributed by atoms with Crippen molar-refractivity contribution < 1.29 is 9.53 Å². The lowest BCUT2D eigenvalue weighted by Gasteiger charge is -2.15. The largest absolute Gasteiger partial charge is 0.497 e. The van der Waals surface area contributed by atoms with E-state index in [1.807, 2.05) is 63.2 Å². The lowest BCUT2D eigenvalue weighted by Crippen LogP contribution is -2.35. The number of hydrogen-bond acceptors (Lipinski definition) is 5. The fourth-order valence-corrected chi connectivity index (χ4v) is 3.61. The molecule has 0 saturated heterocycles. The van der Waals surface area contributed by atoms with Crippen molar-refractivity contribution >= 4 is 11.4 Å². The topological polar surface area (TPSA) is 90.5 Å². The Bertz CT molecular complexity index is 1360. The minimum Gasteiger partial charge on any atom is -0.497 e. The van der Waals surface area contributed by atoms with Crippen LogP contribution in [-0.4, -0.2) is 32.4 Å². The summed E-state index contributed by atoms with van der Waals surface area (Å²) in [6.07, 6.45) is 1.45. The third kappa shape index (κ3) is 4.25. The summed E-state index contributed by atoms with van der Waals surface area (Å²) in [7, 11) is 1.60. The monoisotopic (exact) mass is 431 g/mol. The fraction of sp³-hybridized carbons (Fsp3) is 0.250. The first-order valence-electron chi connectivity index (χ1n) is 10.3. The smallest absolute Gasteiger partial charge is 0.293 e. The van der Waals surface area contributed by atoms with Gasteiger partial charge in [-0.05, 0) is 56.2 Å². The number of ether oxygens (including phenoxy) is 1. The molecule has 2 aromatic carbocycles. The molecule has 4 aromatic rings. The van der Waals surface area contributed by atoms with Gasteiger partial charge in [-0.3, -0.25) is 9.59 Å². The van der Waals surface area contributed by atoms with Crippen molar-refractivity contribution in [3.05, 3.63) is 81.9 Å². The molecular formula is C24H25N5O3. The molecule has 0 aliphatic carbocycles. The Morgan fingerprint density at radius 1 is 1.16 bits per heavy atom. The second-order valence-corrected chi connectivity index (χ2v) is 7.84. The van der Waals surface area contributed by atoms with E-state index < -0.39 is 0 Å². The third-order valence-electron chi connectivity index (χ3n) is 5.42. The highest BCUT2D eigenvalue weighted by molar-refractivity contribution is 5.76. The summed E-state index contributed by atoms with van der Waals surface area (Å²) in [5.74, 6) is 0.404. The average molecular weight is 431 g/mol. The third-order valence-corrected chi connectivity index (χ3v) is 5.42. The minimum absolute atomic E-state index is 0.187. The lowest BCUT2D eigenvalue weighted by molar-refractivity contribution is -0.122. The van der Waals surface area contributed by atoms with Crippen molar-refractivity contribution in [1.29, 1.82) is 0 Å². The van der Waals surface area contributed by atoms with E-state index in [2.05, 4.69) is 15.5 Å². The second kappa shape index (κ2) is 8.66. The normalized spacial score (nSPS) is 12.0. The van der Waals surface area contributed by atoms with E-state index in [1.54, 1.807) is 13.2 Å². The van der Waals surface area contributed by atoms with Gasteiger partial charge in [-0.25, -0.2) is 9.20 Å². The van der Waals surface area contributed by atoms with Crippen LogP contribution in [0, 0.1) is 13.8 Å². The van der Waals surface area contributed by atoms with Crippen LogP contribution in [0.2, 0.25) is 0 Å². The maximum atomic E-state index is 12.9. The van der Waals surface area contributed by atoms with Gasteiger partial charge in [0, 0.05) is 5.56 Å². The number of aryl methyl sites for hydroxylation is 2. The number of nitrogens with zero attached hydrogens (tertiary/aromatic N) is 4. The van der Waals surface area contributed by atoms with E-state index in [0.717, 1.165) is 26.9 Å². The van der Waals surface area contributed by atoms with Crippen LogP contribution >= 0.6 is 0 Å². The maximum absolute atomic E-state index is 12.9. The van der Waals surface area contributed by atoms with Gasteiger partial charge >= 0.3 is 0 Å². The van der Waals surface area contributed by atoms with Crippen LogP contribution in [0.4, 0.5) is 0 Å². The summed E-state index contributed by atoms with van der Waals surface area (Å²) >= 11 is 0. The molecule has 2 heterocycles. The summed E-state index contributed by atoms with van der Waals surface area (Å²) in [6.45, 7) is 5.70. The molecule has 2 aromatic heterocycles. The molecule has 1 atom stereocenters. The van der Waals surface area contributed by atoms with E-state index in [9.17, 15) is 9.59 Å². The molecule has 0 saturated carbocycles. The van der Waals surface area contributed by atoms with Gasteiger partial charge in [0.05, 0.1) is 18.8 Å². The zero-order valence-corrected chi connectivity index (χ0v) is 18.5. The van der Waals surface area contributed by atoms with Crippen LogP contribution in [0.1, 0.15) is 29.7 Å². The molecular weight excluding hydrogens is 406 g/mol. The second-order valence-electron chi connectivity index (χ2n) is 7.84. The predicted molar refractivity (Wildman–Crippen MR) is 122 cm³/mol. The molecule has 0 bridgehead atoms. The molecule has 0 radical (unpaired) electrons. The number of hydrogen-bond donors (Lipinski definition) is 1. The molecule has 0 spiro atoms. The maximum Gasteiger partial charge on any atom is 0.293 e. The van der Waals surface area contributed by atoms with E-state index in [-0.39, 0.29) is 24.1 Å². The standard InChI is InChI=1S/C24H25N5O3/c1-15-8-9-16(2)20(10-15)21-12-22-24(31)28(25-14-29(22)27-21)13-23(30)26-17(3)18-6-5-7-19(11-18)32-4/h5-12,14,17H,13H2,1-4H3,(H,26,30)/t17-/m1/s1. The molecule has 4 rings (SSSR count). The lowest BCUT2D eigenvalue weighted by atomic mass is 10.0. The zero-order valence-electron chi connectivity index (χ0n) is 18.5. The number of fused-ring (bicyclic) bond motifs is 1. The molecule has 0 aliphatic heterocycles. The number of rotatable bonds is 6. The number of amides is 1. The van der Waals surface area contributed by atoms with Crippen LogP contribution in [0.3, 0.4) is 0 Å². The number of aromatic nitrogens is 4. The Labute approximate surface area is 185 Å². The molecule has 32 heavy (non-hydrogen) atoms. The molecule has 1 amide bonds.